The molecule has 1 aliphatic heterocycles. The van der Waals surface area contributed by atoms with Crippen LogP contribution in [0.3, 0.4) is 0 Å². The van der Waals surface area contributed by atoms with Crippen LogP contribution in [0.2, 0.25) is 0 Å². The Kier molecular flexibility index (Phi) is 6.29. The maximum Gasteiger partial charge on any atom is 0.410 e. The van der Waals surface area contributed by atoms with E-state index in [1.54, 1.807) is 17.0 Å². The van der Waals surface area contributed by atoms with Crippen molar-refractivity contribution >= 4 is 21.6 Å². The fraction of sp³-hybridized carbons (Fsp3) is 0.600. The Hall–Kier alpha value is -2.27. The summed E-state index contributed by atoms with van der Waals surface area (Å²) in [7, 11) is -3.51. The van der Waals surface area contributed by atoms with Crippen LogP contribution in [-0.4, -0.2) is 56.9 Å². The van der Waals surface area contributed by atoms with Gasteiger partial charge in [0.1, 0.15) is 11.7 Å². The van der Waals surface area contributed by atoms with E-state index in [9.17, 15) is 18.5 Å². The molecule has 1 aliphatic rings. The Morgan fingerprint density at radius 3 is 2.43 bits per heavy atom. The Morgan fingerprint density at radius 1 is 1.29 bits per heavy atom. The molecule has 28 heavy (non-hydrogen) atoms. The molecular weight excluding hydrogens is 378 g/mol. The van der Waals surface area contributed by atoms with Crippen LogP contribution in [0.15, 0.2) is 23.1 Å². The van der Waals surface area contributed by atoms with Gasteiger partial charge in [0, 0.05) is 31.6 Å². The first kappa shape index (κ1) is 22.0. The molecule has 1 amide bonds. The lowest BCUT2D eigenvalue weighted by Crippen LogP contribution is -2.58. The van der Waals surface area contributed by atoms with Crippen LogP contribution in [0.25, 0.3) is 0 Å². The van der Waals surface area contributed by atoms with Gasteiger partial charge in [-0.25, -0.2) is 13.2 Å². The highest BCUT2D eigenvalue weighted by atomic mass is 32.2. The smallest absolute Gasteiger partial charge is 0.410 e. The number of nitriles is 1. The SMILES string of the molecule is CC(C)C1CN(c2ccc(C#N)c(S(C)(=O)=O)c2)CCN1C(=O)OC(C)(C)C. The third-order valence-corrected chi connectivity index (χ3v) is 5.80. The van der Waals surface area contributed by atoms with Crippen LogP contribution in [0, 0.1) is 17.2 Å². The lowest BCUT2D eigenvalue weighted by molar-refractivity contribution is 0.00883. The van der Waals surface area contributed by atoms with Crippen molar-refractivity contribution in [3.8, 4) is 6.07 Å². The van der Waals surface area contributed by atoms with Gasteiger partial charge in [-0.1, -0.05) is 13.8 Å². The predicted octanol–water partition coefficient (Wildman–Crippen LogP) is 3.04. The number of amides is 1. The normalized spacial score (nSPS) is 18.1. The van der Waals surface area contributed by atoms with Crippen molar-refractivity contribution in [3.63, 3.8) is 0 Å². The number of rotatable bonds is 3. The summed E-state index contributed by atoms with van der Waals surface area (Å²) in [4.78, 5) is 16.5. The highest BCUT2D eigenvalue weighted by Gasteiger charge is 2.35. The second-order valence-corrected chi connectivity index (χ2v) is 10.5. The molecule has 0 aromatic heterocycles. The fourth-order valence-corrected chi connectivity index (χ4v) is 4.12. The summed E-state index contributed by atoms with van der Waals surface area (Å²) in [5.41, 5.74) is 0.306. The molecule has 154 valence electrons. The number of ether oxygens (including phenoxy) is 1. The summed E-state index contributed by atoms with van der Waals surface area (Å²) in [5, 5.41) is 9.20. The van der Waals surface area contributed by atoms with Crippen LogP contribution in [0.1, 0.15) is 40.2 Å². The molecule has 1 atom stereocenters. The van der Waals surface area contributed by atoms with E-state index in [-0.39, 0.29) is 28.5 Å². The van der Waals surface area contributed by atoms with Crippen LogP contribution in [0.4, 0.5) is 10.5 Å². The second kappa shape index (κ2) is 8.00. The number of nitrogens with zero attached hydrogens (tertiary/aromatic N) is 3. The molecule has 0 radical (unpaired) electrons. The third kappa shape index (κ3) is 5.16. The van der Waals surface area contributed by atoms with E-state index in [4.69, 9.17) is 4.74 Å². The average Bonchev–Trinajstić information content (AvgIpc) is 2.58. The van der Waals surface area contributed by atoms with E-state index < -0.39 is 15.4 Å². The summed E-state index contributed by atoms with van der Waals surface area (Å²) < 4.78 is 29.7. The maximum absolute atomic E-state index is 12.6. The van der Waals surface area contributed by atoms with Gasteiger partial charge in [-0.15, -0.1) is 0 Å². The zero-order valence-corrected chi connectivity index (χ0v) is 18.2. The second-order valence-electron chi connectivity index (χ2n) is 8.50. The number of anilines is 1. The largest absolute Gasteiger partial charge is 0.444 e. The van der Waals surface area contributed by atoms with Crippen molar-refractivity contribution in [2.45, 2.75) is 51.2 Å². The highest BCUT2D eigenvalue weighted by molar-refractivity contribution is 7.90. The Labute approximate surface area is 167 Å². The highest BCUT2D eigenvalue weighted by Crippen LogP contribution is 2.28. The number of piperazine rings is 1. The molecule has 0 saturated carbocycles. The number of hydrogen-bond acceptors (Lipinski definition) is 6. The summed E-state index contributed by atoms with van der Waals surface area (Å²) in [6.45, 7) is 11.2. The van der Waals surface area contributed by atoms with E-state index >= 15 is 0 Å². The van der Waals surface area contributed by atoms with Crippen molar-refractivity contribution in [2.75, 3.05) is 30.8 Å². The molecule has 1 heterocycles. The summed E-state index contributed by atoms with van der Waals surface area (Å²) in [6, 6.07) is 6.71. The Bertz CT molecular complexity index is 882. The molecule has 0 N–H and O–H groups in total. The molecule has 1 fully saturated rings. The lowest BCUT2D eigenvalue weighted by atomic mass is 9.99. The molecule has 2 rings (SSSR count). The molecule has 7 nitrogen and oxygen atoms in total. The molecule has 0 aliphatic carbocycles. The minimum atomic E-state index is -3.51. The van der Waals surface area contributed by atoms with Crippen LogP contribution in [-0.2, 0) is 14.6 Å². The molecule has 1 aromatic rings. The average molecular weight is 408 g/mol. The van der Waals surface area contributed by atoms with Gasteiger partial charge >= 0.3 is 6.09 Å². The Morgan fingerprint density at radius 2 is 1.93 bits per heavy atom. The quantitative estimate of drug-likeness (QED) is 0.765. The first-order valence-electron chi connectivity index (χ1n) is 9.32. The molecule has 0 bridgehead atoms. The van der Waals surface area contributed by atoms with E-state index in [1.807, 2.05) is 40.7 Å². The molecule has 1 aromatic carbocycles. The predicted molar refractivity (Wildman–Crippen MR) is 108 cm³/mol. The van der Waals surface area contributed by atoms with Crippen LogP contribution >= 0.6 is 0 Å². The van der Waals surface area contributed by atoms with Crippen molar-refractivity contribution in [1.29, 1.82) is 5.26 Å². The zero-order chi connectivity index (χ0) is 21.3. The van der Waals surface area contributed by atoms with E-state index in [0.29, 0.717) is 19.6 Å². The number of sulfone groups is 1. The topological polar surface area (TPSA) is 90.7 Å². The minimum absolute atomic E-state index is 0.0307. The number of carbonyl (C=O) groups is 1. The van der Waals surface area contributed by atoms with Gasteiger partial charge in [0.05, 0.1) is 16.5 Å². The molecule has 0 spiro atoms. The monoisotopic (exact) mass is 407 g/mol. The van der Waals surface area contributed by atoms with E-state index in [1.165, 1.54) is 6.07 Å². The van der Waals surface area contributed by atoms with Gasteiger partial charge < -0.3 is 14.5 Å². The molecular formula is C20H29N3O4S. The van der Waals surface area contributed by atoms with Crippen molar-refractivity contribution in [2.24, 2.45) is 5.92 Å². The van der Waals surface area contributed by atoms with Crippen LogP contribution in [0.5, 0.6) is 0 Å². The first-order valence-corrected chi connectivity index (χ1v) is 11.2. The standard InChI is InChI=1S/C20H29N3O4S/c1-14(2)17-13-22(9-10-23(17)19(24)27-20(3,4)5)16-8-7-15(12-21)18(11-16)28(6,25)26/h7-8,11,14,17H,9-10,13H2,1-6H3. The molecule has 8 heteroatoms. The molecule has 1 unspecified atom stereocenters. The van der Waals surface area contributed by atoms with Gasteiger partial charge in [-0.3, -0.25) is 0 Å². The fourth-order valence-electron chi connectivity index (χ4n) is 3.27. The summed E-state index contributed by atoms with van der Waals surface area (Å²) in [6.07, 6.45) is 0.770. The van der Waals surface area contributed by atoms with Gasteiger partial charge in [0.2, 0.25) is 0 Å². The number of hydrogen-bond donors (Lipinski definition) is 0. The Balaban J connectivity index is 2.30. The lowest BCUT2D eigenvalue weighted by Gasteiger charge is -2.44. The maximum atomic E-state index is 12.6. The van der Waals surface area contributed by atoms with Gasteiger partial charge in [0.25, 0.3) is 0 Å². The van der Waals surface area contributed by atoms with Crippen molar-refractivity contribution in [3.05, 3.63) is 23.8 Å². The van der Waals surface area contributed by atoms with Crippen molar-refractivity contribution in [1.82, 2.24) is 4.90 Å². The number of benzene rings is 1. The molecule has 1 saturated heterocycles. The first-order chi connectivity index (χ1) is 12.8. The number of carbonyl (C=O) groups excluding carboxylic acids is 1. The third-order valence-electron chi connectivity index (χ3n) is 4.67. The summed E-state index contributed by atoms with van der Waals surface area (Å²) in [5.74, 6) is 0.197. The summed E-state index contributed by atoms with van der Waals surface area (Å²) >= 11 is 0. The van der Waals surface area contributed by atoms with Gasteiger partial charge in [-0.2, -0.15) is 5.26 Å². The van der Waals surface area contributed by atoms with E-state index in [0.717, 1.165) is 11.9 Å². The van der Waals surface area contributed by atoms with Crippen LogP contribution < -0.4 is 4.90 Å². The van der Waals surface area contributed by atoms with Gasteiger partial charge in [0.15, 0.2) is 9.84 Å². The van der Waals surface area contributed by atoms with Gasteiger partial charge in [-0.05, 0) is 44.9 Å². The minimum Gasteiger partial charge on any atom is -0.444 e. The zero-order valence-electron chi connectivity index (χ0n) is 17.4. The van der Waals surface area contributed by atoms with E-state index in [2.05, 4.69) is 4.90 Å². The van der Waals surface area contributed by atoms with Crippen molar-refractivity contribution < 1.29 is 17.9 Å².